The fourth-order valence-electron chi connectivity index (χ4n) is 2.18. The summed E-state index contributed by atoms with van der Waals surface area (Å²) in [4.78, 5) is 4.27. The van der Waals surface area contributed by atoms with Crippen molar-refractivity contribution < 1.29 is 9.47 Å². The van der Waals surface area contributed by atoms with E-state index < -0.39 is 0 Å². The zero-order chi connectivity index (χ0) is 12.3. The van der Waals surface area contributed by atoms with Crippen LogP contribution in [0.25, 0.3) is 0 Å². The molecule has 94 valence electrons. The molecular formula is C13H18BrNO2. The predicted molar refractivity (Wildman–Crippen MR) is 70.4 cm³/mol. The minimum atomic E-state index is 0.222. The van der Waals surface area contributed by atoms with Gasteiger partial charge in [-0.2, -0.15) is 0 Å². The monoisotopic (exact) mass is 299 g/mol. The molecule has 17 heavy (non-hydrogen) atoms. The second-order valence-corrected chi connectivity index (χ2v) is 5.30. The van der Waals surface area contributed by atoms with Gasteiger partial charge in [0.25, 0.3) is 0 Å². The maximum absolute atomic E-state index is 5.96. The maximum Gasteiger partial charge on any atom is 0.228 e. The Morgan fingerprint density at radius 3 is 2.88 bits per heavy atom. The molecule has 1 heterocycles. The van der Waals surface area contributed by atoms with Crippen LogP contribution in [0.1, 0.15) is 31.2 Å². The lowest BCUT2D eigenvalue weighted by atomic mass is 9.95. The number of aryl methyl sites for hydroxylation is 1. The van der Waals surface area contributed by atoms with Crippen LogP contribution in [-0.4, -0.2) is 24.3 Å². The van der Waals surface area contributed by atoms with Crippen LogP contribution in [0, 0.1) is 6.92 Å². The molecule has 0 bridgehead atoms. The minimum absolute atomic E-state index is 0.222. The Morgan fingerprint density at radius 1 is 1.35 bits per heavy atom. The summed E-state index contributed by atoms with van der Waals surface area (Å²) in [6.45, 7) is 2.04. The Balaban J connectivity index is 2.02. The molecular weight excluding hydrogens is 282 g/mol. The van der Waals surface area contributed by atoms with E-state index in [-0.39, 0.29) is 6.10 Å². The van der Waals surface area contributed by atoms with E-state index in [1.807, 2.05) is 13.0 Å². The summed E-state index contributed by atoms with van der Waals surface area (Å²) in [5.74, 6) is 0.701. The van der Waals surface area contributed by atoms with Gasteiger partial charge < -0.3 is 9.47 Å². The highest BCUT2D eigenvalue weighted by atomic mass is 79.9. The third kappa shape index (κ3) is 3.19. The first-order valence-electron chi connectivity index (χ1n) is 6.01. The molecule has 1 fully saturated rings. The van der Waals surface area contributed by atoms with Crippen molar-refractivity contribution in [2.75, 3.05) is 7.11 Å². The van der Waals surface area contributed by atoms with Gasteiger partial charge in [-0.15, -0.1) is 0 Å². The molecule has 1 aromatic heterocycles. The first kappa shape index (κ1) is 12.8. The van der Waals surface area contributed by atoms with Crippen molar-refractivity contribution in [1.29, 1.82) is 0 Å². The topological polar surface area (TPSA) is 31.4 Å². The van der Waals surface area contributed by atoms with E-state index in [1.165, 1.54) is 0 Å². The molecule has 0 aliphatic heterocycles. The number of rotatable bonds is 3. The number of nitrogens with zero attached hydrogens (tertiary/aromatic N) is 1. The van der Waals surface area contributed by atoms with E-state index in [4.69, 9.17) is 9.47 Å². The number of pyridine rings is 1. The van der Waals surface area contributed by atoms with Gasteiger partial charge in [-0.25, -0.2) is 4.98 Å². The second-order valence-electron chi connectivity index (χ2n) is 4.51. The molecule has 0 radical (unpaired) electrons. The lowest BCUT2D eigenvalue weighted by Gasteiger charge is -2.28. The van der Waals surface area contributed by atoms with Gasteiger partial charge >= 0.3 is 0 Å². The summed E-state index contributed by atoms with van der Waals surface area (Å²) in [6.07, 6.45) is 6.68. The Hall–Kier alpha value is -0.610. The summed E-state index contributed by atoms with van der Waals surface area (Å²) >= 11 is 3.52. The van der Waals surface area contributed by atoms with Crippen LogP contribution in [0.5, 0.6) is 5.88 Å². The third-order valence-electron chi connectivity index (χ3n) is 3.24. The van der Waals surface area contributed by atoms with Crippen LogP contribution in [0.4, 0.5) is 0 Å². The summed E-state index contributed by atoms with van der Waals surface area (Å²) in [6, 6.07) is 1.97. The van der Waals surface area contributed by atoms with Gasteiger partial charge in [0.2, 0.25) is 5.88 Å². The molecule has 0 spiro atoms. The van der Waals surface area contributed by atoms with E-state index in [9.17, 15) is 0 Å². The molecule has 0 amide bonds. The second kappa shape index (κ2) is 5.83. The molecule has 4 heteroatoms. The normalized spacial score (nSPS) is 24.6. The van der Waals surface area contributed by atoms with E-state index in [0.717, 1.165) is 35.7 Å². The van der Waals surface area contributed by atoms with Crippen molar-refractivity contribution in [3.8, 4) is 5.88 Å². The first-order valence-corrected chi connectivity index (χ1v) is 6.80. The smallest absolute Gasteiger partial charge is 0.228 e. The van der Waals surface area contributed by atoms with Gasteiger partial charge in [-0.3, -0.25) is 0 Å². The molecule has 2 unspecified atom stereocenters. The highest BCUT2D eigenvalue weighted by molar-refractivity contribution is 9.10. The first-order chi connectivity index (χ1) is 8.20. The van der Waals surface area contributed by atoms with E-state index in [0.29, 0.717) is 12.0 Å². The highest BCUT2D eigenvalue weighted by Crippen LogP contribution is 2.30. The lowest BCUT2D eigenvalue weighted by Crippen LogP contribution is -2.29. The van der Waals surface area contributed by atoms with Gasteiger partial charge in [0.1, 0.15) is 6.10 Å². The fraction of sp³-hybridized carbons (Fsp3) is 0.615. The number of hydrogen-bond donors (Lipinski definition) is 0. The molecule has 1 saturated carbocycles. The number of aromatic nitrogens is 1. The van der Waals surface area contributed by atoms with Crippen molar-refractivity contribution in [1.82, 2.24) is 4.98 Å². The lowest BCUT2D eigenvalue weighted by molar-refractivity contribution is 0.0192. The highest BCUT2D eigenvalue weighted by Gasteiger charge is 2.24. The molecule has 0 saturated heterocycles. The SMILES string of the molecule is COC1CCCC(Oc2nccc(C)c2Br)C1. The number of ether oxygens (including phenoxy) is 2. The van der Waals surface area contributed by atoms with Gasteiger partial charge in [-0.1, -0.05) is 0 Å². The quantitative estimate of drug-likeness (QED) is 0.856. The van der Waals surface area contributed by atoms with Gasteiger partial charge in [-0.05, 0) is 53.7 Å². The third-order valence-corrected chi connectivity index (χ3v) is 4.20. The summed E-state index contributed by atoms with van der Waals surface area (Å²) in [5.41, 5.74) is 1.15. The molecule has 0 aromatic carbocycles. The number of hydrogen-bond acceptors (Lipinski definition) is 3. The largest absolute Gasteiger partial charge is 0.473 e. The Morgan fingerprint density at radius 2 is 2.12 bits per heavy atom. The summed E-state index contributed by atoms with van der Waals surface area (Å²) in [5, 5.41) is 0. The van der Waals surface area contributed by atoms with Crippen LogP contribution < -0.4 is 4.74 Å². The number of halogens is 1. The molecule has 1 aromatic rings. The van der Waals surface area contributed by atoms with Crippen molar-refractivity contribution in [3.63, 3.8) is 0 Å². The van der Waals surface area contributed by atoms with E-state index in [1.54, 1.807) is 13.3 Å². The van der Waals surface area contributed by atoms with E-state index >= 15 is 0 Å². The van der Waals surface area contributed by atoms with Crippen molar-refractivity contribution in [2.45, 2.75) is 44.8 Å². The predicted octanol–water partition coefficient (Wildman–Crippen LogP) is 3.49. The van der Waals surface area contributed by atoms with Gasteiger partial charge in [0, 0.05) is 19.7 Å². The van der Waals surface area contributed by atoms with Crippen LogP contribution in [0.2, 0.25) is 0 Å². The molecule has 0 N–H and O–H groups in total. The zero-order valence-corrected chi connectivity index (χ0v) is 11.9. The number of methoxy groups -OCH3 is 1. The van der Waals surface area contributed by atoms with Crippen LogP contribution >= 0.6 is 15.9 Å². The van der Waals surface area contributed by atoms with Crippen molar-refractivity contribution >= 4 is 15.9 Å². The maximum atomic E-state index is 5.96. The fourth-order valence-corrected chi connectivity index (χ4v) is 2.51. The Kier molecular flexibility index (Phi) is 4.40. The van der Waals surface area contributed by atoms with Crippen molar-refractivity contribution in [3.05, 3.63) is 22.3 Å². The van der Waals surface area contributed by atoms with Gasteiger partial charge in [0.15, 0.2) is 0 Å². The Labute approximate surface area is 111 Å². The molecule has 3 nitrogen and oxygen atoms in total. The van der Waals surface area contributed by atoms with E-state index in [2.05, 4.69) is 20.9 Å². The summed E-state index contributed by atoms with van der Waals surface area (Å²) < 4.78 is 12.3. The van der Waals surface area contributed by atoms with Crippen LogP contribution in [-0.2, 0) is 4.74 Å². The average molecular weight is 300 g/mol. The molecule has 2 atom stereocenters. The van der Waals surface area contributed by atoms with Crippen LogP contribution in [0.3, 0.4) is 0 Å². The standard InChI is InChI=1S/C13H18BrNO2/c1-9-6-7-15-13(12(9)14)17-11-5-3-4-10(8-11)16-2/h6-7,10-11H,3-5,8H2,1-2H3. The molecule has 2 rings (SSSR count). The average Bonchev–Trinajstić information content (AvgIpc) is 2.35. The summed E-state index contributed by atoms with van der Waals surface area (Å²) in [7, 11) is 1.77. The van der Waals surface area contributed by atoms with Crippen LogP contribution in [0.15, 0.2) is 16.7 Å². The van der Waals surface area contributed by atoms with Gasteiger partial charge in [0.05, 0.1) is 10.6 Å². The van der Waals surface area contributed by atoms with Crippen molar-refractivity contribution in [2.24, 2.45) is 0 Å². The molecule has 1 aliphatic rings. The molecule has 1 aliphatic carbocycles. The minimum Gasteiger partial charge on any atom is -0.473 e. The Bertz CT molecular complexity index is 384. The zero-order valence-electron chi connectivity index (χ0n) is 10.3.